The second kappa shape index (κ2) is 12.8. The molecule has 3 aromatic heterocycles. The topological polar surface area (TPSA) is 97.1 Å². The van der Waals surface area contributed by atoms with E-state index in [1.54, 1.807) is 4.90 Å². The molecule has 0 N–H and O–H groups in total. The van der Waals surface area contributed by atoms with E-state index in [9.17, 15) is 9.59 Å². The molecule has 12 heteroatoms. The van der Waals surface area contributed by atoms with E-state index in [1.165, 1.54) is 23.0 Å². The molecule has 1 aliphatic rings. The lowest BCUT2D eigenvalue weighted by Crippen LogP contribution is -2.54. The number of hydrogen-bond acceptors (Lipinski definition) is 7. The van der Waals surface area contributed by atoms with Crippen molar-refractivity contribution in [3.63, 3.8) is 0 Å². The van der Waals surface area contributed by atoms with Gasteiger partial charge in [-0.2, -0.15) is 4.98 Å². The van der Waals surface area contributed by atoms with E-state index in [4.69, 9.17) is 4.98 Å². The highest BCUT2D eigenvalue weighted by molar-refractivity contribution is 6.50. The van der Waals surface area contributed by atoms with Crippen LogP contribution in [0.3, 0.4) is 0 Å². The van der Waals surface area contributed by atoms with Crippen molar-refractivity contribution in [3.8, 4) is 16.9 Å². The summed E-state index contributed by atoms with van der Waals surface area (Å²) in [4.78, 5) is 49.0. The number of carbonyl (C=O) groups is 1. The van der Waals surface area contributed by atoms with Gasteiger partial charge in [-0.1, -0.05) is 64.6 Å². The molecule has 0 bridgehead atoms. The molecule has 230 valence electrons. The second-order valence-corrected chi connectivity index (χ2v) is 12.4. The zero-order chi connectivity index (χ0) is 32.6. The fourth-order valence-corrected chi connectivity index (χ4v) is 5.95. The van der Waals surface area contributed by atoms with Gasteiger partial charge in [0.15, 0.2) is 5.65 Å². The van der Waals surface area contributed by atoms with E-state index in [0.717, 1.165) is 10.9 Å². The Balaban J connectivity index is 1.86. The fourth-order valence-electron chi connectivity index (χ4n) is 5.95. The van der Waals surface area contributed by atoms with E-state index in [2.05, 4.69) is 21.5 Å². The van der Waals surface area contributed by atoms with Gasteiger partial charge in [-0.25, -0.2) is 28.7 Å². The third-order valence-electron chi connectivity index (χ3n) is 8.04. The predicted octanol–water partition coefficient (Wildman–Crippen LogP) is 3.41. The van der Waals surface area contributed by atoms with Crippen molar-refractivity contribution < 1.29 is 9.18 Å². The molecule has 1 aromatic carbocycles. The molecule has 0 radical (unpaired) electrons. The highest BCUT2D eigenvalue weighted by Crippen LogP contribution is 2.35. The van der Waals surface area contributed by atoms with Gasteiger partial charge < -0.3 is 9.80 Å². The number of hydrogen-bond donors (Lipinski definition) is 0. The van der Waals surface area contributed by atoms with Crippen LogP contribution in [-0.2, 0) is 4.79 Å². The first kappa shape index (κ1) is 31.8. The van der Waals surface area contributed by atoms with Crippen molar-refractivity contribution in [2.24, 2.45) is 0 Å². The molecule has 1 aliphatic heterocycles. The van der Waals surface area contributed by atoms with E-state index >= 15 is 4.39 Å². The van der Waals surface area contributed by atoms with E-state index in [1.807, 2.05) is 85.6 Å². The first-order valence-corrected chi connectivity index (χ1v) is 15.3. The van der Waals surface area contributed by atoms with Crippen LogP contribution < -0.4 is 10.6 Å². The third-order valence-corrected chi connectivity index (χ3v) is 8.04. The van der Waals surface area contributed by atoms with Crippen LogP contribution in [0, 0.1) is 5.82 Å². The molecule has 4 heterocycles. The first-order chi connectivity index (χ1) is 21.4. The number of fused-ring (bicyclic) bond motifs is 1. The Labute approximate surface area is 264 Å². The summed E-state index contributed by atoms with van der Waals surface area (Å²) in [6.07, 6.45) is 4.80. The van der Waals surface area contributed by atoms with Gasteiger partial charge in [0.25, 0.3) is 0 Å². The minimum absolute atomic E-state index is 0.0454. The number of benzene rings is 1. The maximum atomic E-state index is 16.3. The number of nitrogens with zero attached hydrogens (tertiary/aromatic N) is 7. The van der Waals surface area contributed by atoms with Crippen molar-refractivity contribution in [3.05, 3.63) is 87.9 Å². The summed E-state index contributed by atoms with van der Waals surface area (Å²) in [5, 5.41) is 1.44. The maximum absolute atomic E-state index is 16.3. The molecular formula is C33H38B2FN7O2. The number of anilines is 1. The van der Waals surface area contributed by atoms with Crippen LogP contribution in [0.25, 0.3) is 34.1 Å². The fraction of sp³-hybridized carbons (Fsp3) is 0.333. The normalized spacial score (nSPS) is 15.2. The van der Waals surface area contributed by atoms with Gasteiger partial charge in [0.2, 0.25) is 5.91 Å². The highest BCUT2D eigenvalue weighted by Gasteiger charge is 2.31. The number of piperazine rings is 1. The molecule has 0 spiro atoms. The number of aromatic nitrogens is 5. The van der Waals surface area contributed by atoms with Crippen LogP contribution in [0.1, 0.15) is 63.4 Å². The molecule has 0 aliphatic carbocycles. The molecule has 5 rings (SSSR count). The molecule has 1 atom stereocenters. The molecule has 1 fully saturated rings. The number of carbonyl (C=O) groups excluding carboxylic acids is 1. The lowest BCUT2D eigenvalue weighted by molar-refractivity contribution is -0.126. The van der Waals surface area contributed by atoms with Gasteiger partial charge in [0.05, 0.1) is 22.5 Å². The van der Waals surface area contributed by atoms with Gasteiger partial charge >= 0.3 is 5.69 Å². The average Bonchev–Trinajstić information content (AvgIpc) is 3.00. The van der Waals surface area contributed by atoms with Crippen LogP contribution in [-0.4, -0.2) is 76.7 Å². The van der Waals surface area contributed by atoms with Crippen LogP contribution in [0.15, 0.2) is 59.5 Å². The van der Waals surface area contributed by atoms with Crippen molar-refractivity contribution in [2.45, 2.75) is 52.5 Å². The summed E-state index contributed by atoms with van der Waals surface area (Å²) in [5.41, 5.74) is 3.13. The smallest absolute Gasteiger partial charge is 0.350 e. The largest absolute Gasteiger partial charge is 0.355 e. The van der Waals surface area contributed by atoms with Crippen LogP contribution in [0.5, 0.6) is 0 Å². The third kappa shape index (κ3) is 6.06. The molecular weight excluding hydrogens is 567 g/mol. The Hall–Kier alpha value is -4.60. The van der Waals surface area contributed by atoms with Crippen molar-refractivity contribution >= 4 is 44.5 Å². The summed E-state index contributed by atoms with van der Waals surface area (Å²) in [6.45, 7) is 14.8. The Kier molecular flexibility index (Phi) is 9.04. The van der Waals surface area contributed by atoms with E-state index < -0.39 is 11.5 Å². The molecule has 1 saturated heterocycles. The number of pyridine rings is 1. The molecule has 9 nitrogen and oxygen atoms in total. The second-order valence-electron chi connectivity index (χ2n) is 12.4. The average molecular weight is 605 g/mol. The summed E-state index contributed by atoms with van der Waals surface area (Å²) < 4.78 is 17.8. The molecule has 4 aromatic rings. The summed E-state index contributed by atoms with van der Waals surface area (Å²) in [7, 11) is 3.97. The molecule has 45 heavy (non-hydrogen) atoms. The molecule has 0 unspecified atom stereocenters. The van der Waals surface area contributed by atoms with Gasteiger partial charge in [-0.3, -0.25) is 4.79 Å². The van der Waals surface area contributed by atoms with Gasteiger partial charge in [-0.15, -0.1) is 5.37 Å². The lowest BCUT2D eigenvalue weighted by atomic mass is 9.77. The summed E-state index contributed by atoms with van der Waals surface area (Å²) in [6, 6.07) is 8.73. The standard InChI is InChI=1S/C33H38B2FN7O2/c1-7-26(44)41-12-13-42(20(6)16-41)31-23-15-24(36)29(22-11-9-8-10-21(22)14-25(34)35)39-32(23)43(33(45)40-31)30-27(18(2)3)37-17-38-28(30)19(4)5/h7-11,14-15,17-20H,1,12-13,16,34-35H2,2-6H3/t20-/m0/s1. The van der Waals surface area contributed by atoms with Crippen LogP contribution in [0.2, 0.25) is 0 Å². The lowest BCUT2D eigenvalue weighted by Gasteiger charge is -2.40. The van der Waals surface area contributed by atoms with Gasteiger partial charge in [0, 0.05) is 31.2 Å². The first-order valence-electron chi connectivity index (χ1n) is 15.3. The SMILES string of the molecule is BC(B)=Cc1ccccc1-c1nc2c(cc1F)c(N1CCN(C(=O)C=C)C[C@@H]1C)nc(=O)n2-c1c(C(C)C)ncnc1C(C)C. The molecule has 0 saturated carbocycles. The monoisotopic (exact) mass is 605 g/mol. The summed E-state index contributed by atoms with van der Waals surface area (Å²) in [5.74, 6) is -0.453. The van der Waals surface area contributed by atoms with E-state index in [0.29, 0.717) is 53.5 Å². The molecule has 1 amide bonds. The number of rotatable bonds is 7. The Morgan fingerprint density at radius 2 is 1.73 bits per heavy atom. The van der Waals surface area contributed by atoms with Crippen LogP contribution >= 0.6 is 0 Å². The number of amides is 1. The Morgan fingerprint density at radius 3 is 2.33 bits per heavy atom. The zero-order valence-corrected chi connectivity index (χ0v) is 27.0. The Bertz CT molecular complexity index is 1860. The highest BCUT2D eigenvalue weighted by atomic mass is 19.1. The van der Waals surface area contributed by atoms with Crippen molar-refractivity contribution in [2.75, 3.05) is 24.5 Å². The number of halogens is 1. The zero-order valence-electron chi connectivity index (χ0n) is 27.0. The van der Waals surface area contributed by atoms with Crippen molar-refractivity contribution in [1.82, 2.24) is 29.4 Å². The maximum Gasteiger partial charge on any atom is 0.355 e. The van der Waals surface area contributed by atoms with E-state index in [-0.39, 0.29) is 35.1 Å². The van der Waals surface area contributed by atoms with Gasteiger partial charge in [-0.05, 0) is 36.5 Å². The van der Waals surface area contributed by atoms with Gasteiger partial charge in [0.1, 0.15) is 39.3 Å². The van der Waals surface area contributed by atoms with Crippen molar-refractivity contribution in [1.29, 1.82) is 0 Å². The quantitative estimate of drug-likeness (QED) is 0.236. The Morgan fingerprint density at radius 1 is 1.07 bits per heavy atom. The minimum Gasteiger partial charge on any atom is -0.350 e. The summed E-state index contributed by atoms with van der Waals surface area (Å²) >= 11 is 0. The predicted molar refractivity (Wildman–Crippen MR) is 183 cm³/mol. The van der Waals surface area contributed by atoms with Crippen LogP contribution in [0.4, 0.5) is 10.2 Å². The minimum atomic E-state index is -0.560.